The van der Waals surface area contributed by atoms with E-state index >= 15 is 0 Å². The highest BCUT2D eigenvalue weighted by molar-refractivity contribution is 7.98. The number of benzene rings is 1. The van der Waals surface area contributed by atoms with Crippen LogP contribution in [0.2, 0.25) is 0 Å². The number of halogens is 1. The maximum atomic E-state index is 12.0. The smallest absolute Gasteiger partial charge is 0.246 e. The van der Waals surface area contributed by atoms with Gasteiger partial charge in [0, 0.05) is 16.8 Å². The number of anilines is 2. The molecule has 0 bridgehead atoms. The Morgan fingerprint density at radius 2 is 1.92 bits per heavy atom. The molecule has 0 aliphatic rings. The molecule has 1 aromatic carbocycles. The number of amides is 2. The number of hydrogen-bond donors (Lipinski definition) is 3. The lowest BCUT2D eigenvalue weighted by Crippen LogP contribution is -2.32. The van der Waals surface area contributed by atoms with Crippen LogP contribution in [0.25, 0.3) is 0 Å². The minimum Gasteiger partial charge on any atom is -0.324 e. The number of nitrogens with zero attached hydrogens (tertiary/aromatic N) is 2. The van der Waals surface area contributed by atoms with Crippen molar-refractivity contribution in [3.8, 4) is 0 Å². The maximum Gasteiger partial charge on any atom is 0.246 e. The molecule has 9 heteroatoms. The summed E-state index contributed by atoms with van der Waals surface area (Å²) in [6, 6.07) is 6.97. The summed E-state index contributed by atoms with van der Waals surface area (Å²) in [4.78, 5) is 24.6. The Morgan fingerprint density at radius 1 is 1.25 bits per heavy atom. The van der Waals surface area contributed by atoms with Crippen LogP contribution in [0.3, 0.4) is 0 Å². The molecule has 0 unspecified atom stereocenters. The van der Waals surface area contributed by atoms with Crippen LogP contribution in [0.4, 0.5) is 11.4 Å². The second-order valence-corrected chi connectivity index (χ2v) is 5.86. The summed E-state index contributed by atoms with van der Waals surface area (Å²) in [6.07, 6.45) is 5.05. The van der Waals surface area contributed by atoms with Crippen LogP contribution in [-0.2, 0) is 16.1 Å². The fraction of sp³-hybridized carbons (Fsp3) is 0.267. The molecule has 2 amide bonds. The van der Waals surface area contributed by atoms with Crippen molar-refractivity contribution in [1.29, 1.82) is 0 Å². The summed E-state index contributed by atoms with van der Waals surface area (Å²) in [6.45, 7) is 1.65. The van der Waals surface area contributed by atoms with Gasteiger partial charge in [0.1, 0.15) is 6.54 Å². The molecule has 0 aliphatic heterocycles. The van der Waals surface area contributed by atoms with Gasteiger partial charge in [0.05, 0.1) is 17.9 Å². The molecule has 1 aromatic heterocycles. The number of nitrogens with two attached hydrogens (primary N) is 1. The van der Waals surface area contributed by atoms with Crippen molar-refractivity contribution in [3.05, 3.63) is 36.7 Å². The quantitative estimate of drug-likeness (QED) is 0.675. The van der Waals surface area contributed by atoms with E-state index in [1.165, 1.54) is 10.9 Å². The highest BCUT2D eigenvalue weighted by atomic mass is 35.5. The standard InChI is InChI=1S/C15H19N5O2S.ClH/c1-10(16)15(22)19-12-7-17-20(8-12)9-14(21)18-11-3-5-13(23-2)6-4-11;/h3-8,10H,9,16H2,1-2H3,(H,18,21)(H,19,22);1H/t10-;/m1./s1. The second kappa shape index (κ2) is 9.31. The van der Waals surface area contributed by atoms with Gasteiger partial charge in [-0.15, -0.1) is 24.2 Å². The average Bonchev–Trinajstić information content (AvgIpc) is 2.94. The Bertz CT molecular complexity index is 687. The van der Waals surface area contributed by atoms with Gasteiger partial charge in [-0.05, 0) is 37.4 Å². The molecular formula is C15H20ClN5O2S. The van der Waals surface area contributed by atoms with Gasteiger partial charge < -0.3 is 16.4 Å². The Balaban J connectivity index is 0.00000288. The number of rotatable bonds is 6. The minimum atomic E-state index is -0.606. The summed E-state index contributed by atoms with van der Waals surface area (Å²) in [7, 11) is 0. The molecule has 0 saturated heterocycles. The van der Waals surface area contributed by atoms with Gasteiger partial charge in [0.2, 0.25) is 11.8 Å². The first-order valence-corrected chi connectivity index (χ1v) is 8.23. The van der Waals surface area contributed by atoms with E-state index in [0.717, 1.165) is 10.6 Å². The lowest BCUT2D eigenvalue weighted by Gasteiger charge is -2.06. The van der Waals surface area contributed by atoms with Crippen LogP contribution in [-0.4, -0.2) is 33.9 Å². The molecule has 0 spiro atoms. The van der Waals surface area contributed by atoms with Crippen molar-refractivity contribution < 1.29 is 9.59 Å². The fourth-order valence-corrected chi connectivity index (χ4v) is 2.20. The van der Waals surface area contributed by atoms with Crippen molar-refractivity contribution >= 4 is 47.4 Å². The van der Waals surface area contributed by atoms with Crippen LogP contribution < -0.4 is 16.4 Å². The Morgan fingerprint density at radius 3 is 2.50 bits per heavy atom. The van der Waals surface area contributed by atoms with E-state index in [4.69, 9.17) is 5.73 Å². The van der Waals surface area contributed by atoms with Crippen LogP contribution in [0, 0.1) is 0 Å². The molecule has 0 aliphatic carbocycles. The fourth-order valence-electron chi connectivity index (χ4n) is 1.79. The third-order valence-electron chi connectivity index (χ3n) is 2.99. The zero-order valence-corrected chi connectivity index (χ0v) is 15.0. The van der Waals surface area contributed by atoms with E-state index in [9.17, 15) is 9.59 Å². The van der Waals surface area contributed by atoms with Crippen molar-refractivity contribution in [2.45, 2.75) is 24.4 Å². The van der Waals surface area contributed by atoms with E-state index < -0.39 is 6.04 Å². The molecule has 2 rings (SSSR count). The third-order valence-corrected chi connectivity index (χ3v) is 3.74. The summed E-state index contributed by atoms with van der Waals surface area (Å²) < 4.78 is 1.45. The molecule has 0 fully saturated rings. The predicted molar refractivity (Wildman–Crippen MR) is 98.6 cm³/mol. The van der Waals surface area contributed by atoms with E-state index in [2.05, 4.69) is 15.7 Å². The summed E-state index contributed by atoms with van der Waals surface area (Å²) in [5.41, 5.74) is 6.70. The number of carbonyl (C=O) groups excluding carboxylic acids is 2. The number of thioether (sulfide) groups is 1. The third kappa shape index (κ3) is 5.88. The molecule has 1 heterocycles. The lowest BCUT2D eigenvalue weighted by molar-refractivity contribution is -0.117. The van der Waals surface area contributed by atoms with E-state index in [1.54, 1.807) is 24.9 Å². The van der Waals surface area contributed by atoms with E-state index in [1.807, 2.05) is 30.5 Å². The Labute approximate surface area is 150 Å². The highest BCUT2D eigenvalue weighted by Crippen LogP contribution is 2.17. The molecular weight excluding hydrogens is 350 g/mol. The summed E-state index contributed by atoms with van der Waals surface area (Å²) in [5.74, 6) is -0.502. The van der Waals surface area contributed by atoms with Crippen molar-refractivity contribution in [2.24, 2.45) is 5.73 Å². The Kier molecular flexibility index (Phi) is 7.76. The van der Waals surface area contributed by atoms with Crippen LogP contribution in [0.1, 0.15) is 6.92 Å². The van der Waals surface area contributed by atoms with Gasteiger partial charge >= 0.3 is 0 Å². The van der Waals surface area contributed by atoms with Gasteiger partial charge in [-0.3, -0.25) is 14.3 Å². The Hall–Kier alpha value is -2.03. The molecule has 7 nitrogen and oxygen atoms in total. The minimum absolute atomic E-state index is 0. The van der Waals surface area contributed by atoms with Crippen molar-refractivity contribution in [3.63, 3.8) is 0 Å². The first-order chi connectivity index (χ1) is 11.0. The van der Waals surface area contributed by atoms with Crippen LogP contribution in [0.15, 0.2) is 41.6 Å². The first-order valence-electron chi connectivity index (χ1n) is 7.00. The number of hydrogen-bond acceptors (Lipinski definition) is 5. The molecule has 24 heavy (non-hydrogen) atoms. The van der Waals surface area contributed by atoms with Gasteiger partial charge in [-0.2, -0.15) is 5.10 Å². The lowest BCUT2D eigenvalue weighted by atomic mass is 10.3. The van der Waals surface area contributed by atoms with Crippen LogP contribution in [0.5, 0.6) is 0 Å². The number of carbonyl (C=O) groups is 2. The molecule has 130 valence electrons. The molecule has 1 atom stereocenters. The topological polar surface area (TPSA) is 102 Å². The normalized spacial score (nSPS) is 11.3. The maximum absolute atomic E-state index is 12.0. The van der Waals surface area contributed by atoms with Gasteiger partial charge in [0.25, 0.3) is 0 Å². The number of nitrogens with one attached hydrogen (secondary N) is 2. The molecule has 2 aromatic rings. The predicted octanol–water partition coefficient (Wildman–Crippen LogP) is 1.95. The zero-order chi connectivity index (χ0) is 16.8. The average molecular weight is 370 g/mol. The monoisotopic (exact) mass is 369 g/mol. The largest absolute Gasteiger partial charge is 0.324 e. The van der Waals surface area contributed by atoms with Gasteiger partial charge in [0.15, 0.2) is 0 Å². The number of aromatic nitrogens is 2. The van der Waals surface area contributed by atoms with E-state index in [-0.39, 0.29) is 30.8 Å². The van der Waals surface area contributed by atoms with Gasteiger partial charge in [-0.1, -0.05) is 0 Å². The molecule has 0 saturated carbocycles. The van der Waals surface area contributed by atoms with E-state index in [0.29, 0.717) is 5.69 Å². The molecule has 4 N–H and O–H groups in total. The van der Waals surface area contributed by atoms with Crippen molar-refractivity contribution in [2.75, 3.05) is 16.9 Å². The zero-order valence-electron chi connectivity index (χ0n) is 13.4. The highest BCUT2D eigenvalue weighted by Gasteiger charge is 2.10. The first kappa shape index (κ1) is 20.0. The van der Waals surface area contributed by atoms with Crippen molar-refractivity contribution in [1.82, 2.24) is 9.78 Å². The molecule has 0 radical (unpaired) electrons. The summed E-state index contributed by atoms with van der Waals surface area (Å²) in [5, 5.41) is 9.44. The SMILES string of the molecule is CSc1ccc(NC(=O)Cn2cc(NC(=O)[C@@H](C)N)cn2)cc1.Cl. The van der Waals surface area contributed by atoms with Gasteiger partial charge in [-0.25, -0.2) is 0 Å². The second-order valence-electron chi connectivity index (χ2n) is 4.98. The summed E-state index contributed by atoms with van der Waals surface area (Å²) >= 11 is 1.64. The van der Waals surface area contributed by atoms with Crippen LogP contribution >= 0.6 is 24.2 Å².